The van der Waals surface area contributed by atoms with Crippen molar-refractivity contribution in [2.24, 2.45) is 0 Å². The van der Waals surface area contributed by atoms with Gasteiger partial charge < -0.3 is 10.4 Å². The summed E-state index contributed by atoms with van der Waals surface area (Å²) in [6.07, 6.45) is 3.27. The Bertz CT molecular complexity index is 747. The van der Waals surface area contributed by atoms with Crippen LogP contribution >= 0.6 is 11.6 Å². The van der Waals surface area contributed by atoms with Crippen LogP contribution in [0.4, 0.5) is 4.39 Å². The van der Waals surface area contributed by atoms with E-state index >= 15 is 0 Å². The molecule has 6 nitrogen and oxygen atoms in total. The van der Waals surface area contributed by atoms with Crippen LogP contribution in [0.1, 0.15) is 30.1 Å². The van der Waals surface area contributed by atoms with Crippen LogP contribution in [0.25, 0.3) is 0 Å². The molecular formula is C15H15ClFN3O3. The van der Waals surface area contributed by atoms with E-state index in [1.165, 1.54) is 16.8 Å². The molecule has 2 unspecified atom stereocenters. The number of aliphatic carboxylic acids is 1. The average molecular weight is 340 g/mol. The minimum atomic E-state index is -1.33. The Morgan fingerprint density at radius 1 is 1.43 bits per heavy atom. The molecule has 0 aliphatic heterocycles. The minimum Gasteiger partial charge on any atom is -0.479 e. The molecule has 2 atom stereocenters. The van der Waals surface area contributed by atoms with Gasteiger partial charge in [0.15, 0.2) is 6.04 Å². The van der Waals surface area contributed by atoms with Crippen LogP contribution in [0.3, 0.4) is 0 Å². The van der Waals surface area contributed by atoms with Gasteiger partial charge in [0.25, 0.3) is 0 Å². The standard InChI is InChI=1S/C15H15ClFN3O3/c1-8-6-18-20(7-8)9(2)14(21)19-13(15(22)23)10-3-4-12(17)11(16)5-10/h3-7,9,13H,1-2H3,(H,19,21)(H,22,23). The minimum absolute atomic E-state index is 0.182. The van der Waals surface area contributed by atoms with Crippen molar-refractivity contribution in [1.29, 1.82) is 0 Å². The normalized spacial score (nSPS) is 13.4. The van der Waals surface area contributed by atoms with E-state index in [0.717, 1.165) is 11.6 Å². The first-order valence-corrected chi connectivity index (χ1v) is 7.16. The van der Waals surface area contributed by atoms with E-state index < -0.39 is 29.8 Å². The first-order chi connectivity index (χ1) is 10.8. The number of carboxylic acid groups (broad SMARTS) is 1. The van der Waals surface area contributed by atoms with Crippen molar-refractivity contribution in [2.45, 2.75) is 25.9 Å². The van der Waals surface area contributed by atoms with Crippen molar-refractivity contribution in [3.05, 3.63) is 52.6 Å². The number of aryl methyl sites for hydroxylation is 1. The molecular weight excluding hydrogens is 325 g/mol. The topological polar surface area (TPSA) is 84.2 Å². The maximum absolute atomic E-state index is 13.2. The number of carbonyl (C=O) groups excluding carboxylic acids is 1. The predicted octanol–water partition coefficient (Wildman–Crippen LogP) is 2.49. The monoisotopic (exact) mass is 339 g/mol. The quantitative estimate of drug-likeness (QED) is 0.876. The average Bonchev–Trinajstić information content (AvgIpc) is 2.93. The van der Waals surface area contributed by atoms with Gasteiger partial charge in [0, 0.05) is 6.20 Å². The summed E-state index contributed by atoms with van der Waals surface area (Å²) in [5.41, 5.74) is 1.06. The number of carboxylic acids is 1. The van der Waals surface area contributed by atoms with Crippen molar-refractivity contribution in [1.82, 2.24) is 15.1 Å². The second-order valence-corrected chi connectivity index (χ2v) is 5.53. The Morgan fingerprint density at radius 3 is 2.65 bits per heavy atom. The smallest absolute Gasteiger partial charge is 0.330 e. The fourth-order valence-corrected chi connectivity index (χ4v) is 2.20. The molecule has 0 aliphatic rings. The number of carbonyl (C=O) groups is 2. The molecule has 1 heterocycles. The largest absolute Gasteiger partial charge is 0.479 e. The number of nitrogens with zero attached hydrogens (tertiary/aromatic N) is 2. The van der Waals surface area contributed by atoms with E-state index in [0.29, 0.717) is 0 Å². The highest BCUT2D eigenvalue weighted by molar-refractivity contribution is 6.30. The van der Waals surface area contributed by atoms with E-state index in [1.54, 1.807) is 19.3 Å². The van der Waals surface area contributed by atoms with Crippen molar-refractivity contribution in [3.8, 4) is 0 Å². The third kappa shape index (κ3) is 3.87. The number of aromatic nitrogens is 2. The number of nitrogens with one attached hydrogen (secondary N) is 1. The van der Waals surface area contributed by atoms with Crippen molar-refractivity contribution in [2.75, 3.05) is 0 Å². The maximum atomic E-state index is 13.2. The number of rotatable bonds is 5. The molecule has 2 rings (SSSR count). The fourth-order valence-electron chi connectivity index (χ4n) is 2.01. The Balaban J connectivity index is 2.20. The molecule has 0 saturated heterocycles. The second-order valence-electron chi connectivity index (χ2n) is 5.13. The van der Waals surface area contributed by atoms with Crippen LogP contribution in [0.2, 0.25) is 5.02 Å². The van der Waals surface area contributed by atoms with Gasteiger partial charge in [0.05, 0.1) is 11.2 Å². The highest BCUT2D eigenvalue weighted by atomic mass is 35.5. The third-order valence-corrected chi connectivity index (χ3v) is 3.61. The summed E-state index contributed by atoms with van der Waals surface area (Å²) < 4.78 is 14.6. The summed E-state index contributed by atoms with van der Waals surface area (Å²) in [5, 5.41) is 15.5. The van der Waals surface area contributed by atoms with Gasteiger partial charge in [0.2, 0.25) is 5.91 Å². The molecule has 2 N–H and O–H groups in total. The summed E-state index contributed by atoms with van der Waals surface area (Å²) >= 11 is 5.67. The Kier molecular flexibility index (Phi) is 5.00. The third-order valence-electron chi connectivity index (χ3n) is 3.32. The van der Waals surface area contributed by atoms with E-state index in [-0.39, 0.29) is 10.6 Å². The lowest BCUT2D eigenvalue weighted by atomic mass is 10.1. The molecule has 8 heteroatoms. The molecule has 0 saturated carbocycles. The summed E-state index contributed by atoms with van der Waals surface area (Å²) in [6, 6.07) is 1.48. The van der Waals surface area contributed by atoms with Gasteiger partial charge in [-0.2, -0.15) is 5.10 Å². The fraction of sp³-hybridized carbons (Fsp3) is 0.267. The summed E-state index contributed by atoms with van der Waals surface area (Å²) in [5.74, 6) is -2.46. The predicted molar refractivity (Wildman–Crippen MR) is 81.6 cm³/mol. The number of halogens is 2. The second kappa shape index (κ2) is 6.78. The first-order valence-electron chi connectivity index (χ1n) is 6.78. The van der Waals surface area contributed by atoms with Crippen molar-refractivity contribution < 1.29 is 19.1 Å². The molecule has 1 aromatic carbocycles. The zero-order chi connectivity index (χ0) is 17.1. The van der Waals surface area contributed by atoms with Crippen LogP contribution in [0.15, 0.2) is 30.6 Å². The van der Waals surface area contributed by atoms with Crippen LogP contribution in [-0.4, -0.2) is 26.8 Å². The Labute approximate surface area is 136 Å². The summed E-state index contributed by atoms with van der Waals surface area (Å²) in [7, 11) is 0. The molecule has 0 radical (unpaired) electrons. The molecule has 23 heavy (non-hydrogen) atoms. The zero-order valence-corrected chi connectivity index (χ0v) is 13.2. The molecule has 0 bridgehead atoms. The number of hydrogen-bond donors (Lipinski definition) is 2. The van der Waals surface area contributed by atoms with E-state index in [2.05, 4.69) is 10.4 Å². The molecule has 0 spiro atoms. The number of benzene rings is 1. The highest BCUT2D eigenvalue weighted by Gasteiger charge is 2.26. The van der Waals surface area contributed by atoms with Crippen LogP contribution < -0.4 is 5.32 Å². The highest BCUT2D eigenvalue weighted by Crippen LogP contribution is 2.22. The molecule has 0 fully saturated rings. The lowest BCUT2D eigenvalue weighted by Gasteiger charge is -2.18. The van der Waals surface area contributed by atoms with Crippen LogP contribution in [0, 0.1) is 12.7 Å². The lowest BCUT2D eigenvalue weighted by molar-refractivity contribution is -0.142. The van der Waals surface area contributed by atoms with E-state index in [4.69, 9.17) is 11.6 Å². The van der Waals surface area contributed by atoms with Gasteiger partial charge in [0.1, 0.15) is 11.9 Å². The summed E-state index contributed by atoms with van der Waals surface area (Å²) in [6.45, 7) is 3.42. The van der Waals surface area contributed by atoms with E-state index in [9.17, 15) is 19.1 Å². The van der Waals surface area contributed by atoms with Gasteiger partial charge >= 0.3 is 5.97 Å². The van der Waals surface area contributed by atoms with Gasteiger partial charge in [-0.05, 0) is 37.1 Å². The van der Waals surface area contributed by atoms with Crippen molar-refractivity contribution in [3.63, 3.8) is 0 Å². The molecule has 0 aliphatic carbocycles. The molecule has 1 aromatic heterocycles. The zero-order valence-electron chi connectivity index (χ0n) is 12.5. The molecule has 1 amide bonds. The SMILES string of the molecule is Cc1cnn(C(C)C(=O)NC(C(=O)O)c2ccc(F)c(Cl)c2)c1. The van der Waals surface area contributed by atoms with Gasteiger partial charge in [-0.15, -0.1) is 0 Å². The van der Waals surface area contributed by atoms with Crippen LogP contribution in [-0.2, 0) is 9.59 Å². The van der Waals surface area contributed by atoms with Gasteiger partial charge in [-0.25, -0.2) is 9.18 Å². The lowest BCUT2D eigenvalue weighted by Crippen LogP contribution is -2.38. The Morgan fingerprint density at radius 2 is 2.13 bits per heavy atom. The van der Waals surface area contributed by atoms with Crippen LogP contribution in [0.5, 0.6) is 0 Å². The first kappa shape index (κ1) is 17.0. The number of amides is 1. The van der Waals surface area contributed by atoms with E-state index in [1.807, 2.05) is 6.92 Å². The molecule has 122 valence electrons. The Hall–Kier alpha value is -2.41. The number of hydrogen-bond acceptors (Lipinski definition) is 3. The maximum Gasteiger partial charge on any atom is 0.330 e. The van der Waals surface area contributed by atoms with Gasteiger partial charge in [-0.3, -0.25) is 9.48 Å². The summed E-state index contributed by atoms with van der Waals surface area (Å²) in [4.78, 5) is 23.7. The molecule has 2 aromatic rings. The van der Waals surface area contributed by atoms with Crippen molar-refractivity contribution >= 4 is 23.5 Å². The van der Waals surface area contributed by atoms with Gasteiger partial charge in [-0.1, -0.05) is 17.7 Å².